The number of anilines is 1. The Morgan fingerprint density at radius 2 is 2.06 bits per heavy atom. The van der Waals surface area contributed by atoms with Gasteiger partial charge in [-0.1, -0.05) is 6.07 Å². The predicted octanol–water partition coefficient (Wildman–Crippen LogP) is 5.37. The van der Waals surface area contributed by atoms with Crippen LogP contribution in [-0.2, 0) is 19.9 Å². The highest BCUT2D eigenvalue weighted by molar-refractivity contribution is 7.10. The summed E-state index contributed by atoms with van der Waals surface area (Å²) in [6.07, 6.45) is 1.01. The van der Waals surface area contributed by atoms with Crippen molar-refractivity contribution in [3.05, 3.63) is 64.2 Å². The molecule has 0 radical (unpaired) electrons. The van der Waals surface area contributed by atoms with Crippen molar-refractivity contribution >= 4 is 29.0 Å². The zero-order valence-electron chi connectivity index (χ0n) is 17.7. The first kappa shape index (κ1) is 21.3. The van der Waals surface area contributed by atoms with Gasteiger partial charge < -0.3 is 14.8 Å². The van der Waals surface area contributed by atoms with Crippen LogP contribution in [0.25, 0.3) is 11.3 Å². The zero-order valence-corrected chi connectivity index (χ0v) is 18.5. The highest BCUT2D eigenvalue weighted by Gasteiger charge is 2.38. The molecule has 1 amide bonds. The number of benzene rings is 1. The molecule has 3 aromatic rings. The highest BCUT2D eigenvalue weighted by Crippen LogP contribution is 2.44. The van der Waals surface area contributed by atoms with Crippen LogP contribution in [0.5, 0.6) is 0 Å². The van der Waals surface area contributed by atoms with Crippen molar-refractivity contribution in [1.82, 2.24) is 4.57 Å². The molecule has 4 rings (SSSR count). The van der Waals surface area contributed by atoms with Crippen LogP contribution in [0, 0.1) is 5.82 Å². The van der Waals surface area contributed by atoms with Crippen LogP contribution >= 0.6 is 11.3 Å². The van der Waals surface area contributed by atoms with Gasteiger partial charge in [-0.05, 0) is 63.4 Å². The fourth-order valence-corrected chi connectivity index (χ4v) is 4.42. The third-order valence-corrected chi connectivity index (χ3v) is 6.06. The summed E-state index contributed by atoms with van der Waals surface area (Å²) < 4.78 is 28.1. The fraction of sp³-hybridized carbons (Fsp3) is 0.304. The summed E-state index contributed by atoms with van der Waals surface area (Å²) in [6.45, 7) is 6.95. The summed E-state index contributed by atoms with van der Waals surface area (Å²) in [5.41, 5.74) is -0.212. The number of rotatable bonds is 2. The molecule has 0 spiro atoms. The Bertz CT molecular complexity index is 1150. The molecule has 1 atom stereocenters. The summed E-state index contributed by atoms with van der Waals surface area (Å²) in [5, 5.41) is 4.52. The molecule has 6 nitrogen and oxygen atoms in total. The van der Waals surface area contributed by atoms with E-state index in [1.807, 2.05) is 24.4 Å². The van der Waals surface area contributed by atoms with Crippen molar-refractivity contribution in [2.24, 2.45) is 0 Å². The smallest absolute Gasteiger partial charge is 0.418 e. The number of thiophene rings is 1. The molecule has 162 valence electrons. The SMILES string of the molecule is CC(C)(C)OC(=O)n1cccc1-c1cc(F)c2c(c1)C(C)(c1cccs1)OCC(=O)N2. The second-order valence-corrected chi connectivity index (χ2v) is 9.42. The Morgan fingerprint density at radius 1 is 1.29 bits per heavy atom. The number of nitrogens with zero attached hydrogens (tertiary/aromatic N) is 1. The van der Waals surface area contributed by atoms with E-state index < -0.39 is 29.0 Å². The lowest BCUT2D eigenvalue weighted by molar-refractivity contribution is -0.124. The van der Waals surface area contributed by atoms with Gasteiger partial charge in [-0.15, -0.1) is 11.3 Å². The van der Waals surface area contributed by atoms with Crippen LogP contribution in [0.15, 0.2) is 48.0 Å². The number of aromatic nitrogens is 1. The van der Waals surface area contributed by atoms with Gasteiger partial charge in [0.25, 0.3) is 5.91 Å². The van der Waals surface area contributed by atoms with Crippen LogP contribution in [-0.4, -0.2) is 28.8 Å². The van der Waals surface area contributed by atoms with Gasteiger partial charge >= 0.3 is 6.09 Å². The molecule has 0 saturated carbocycles. The van der Waals surface area contributed by atoms with Crippen molar-refractivity contribution in [2.75, 3.05) is 11.9 Å². The first-order valence-electron chi connectivity index (χ1n) is 9.81. The molecule has 2 aromatic heterocycles. The lowest BCUT2D eigenvalue weighted by Crippen LogP contribution is -2.28. The minimum atomic E-state index is -1.04. The summed E-state index contributed by atoms with van der Waals surface area (Å²) in [6, 6.07) is 10.2. The first-order chi connectivity index (χ1) is 14.6. The maximum Gasteiger partial charge on any atom is 0.418 e. The summed E-state index contributed by atoms with van der Waals surface area (Å²) in [4.78, 5) is 25.7. The lowest BCUT2D eigenvalue weighted by atomic mass is 9.90. The number of nitrogens with one attached hydrogen (secondary N) is 1. The van der Waals surface area contributed by atoms with Gasteiger partial charge in [0.15, 0.2) is 0 Å². The topological polar surface area (TPSA) is 69.6 Å². The molecule has 1 aromatic carbocycles. The van der Waals surface area contributed by atoms with Crippen LogP contribution in [0.2, 0.25) is 0 Å². The second-order valence-electron chi connectivity index (χ2n) is 8.47. The van der Waals surface area contributed by atoms with Gasteiger partial charge in [0.05, 0.1) is 11.4 Å². The average Bonchev–Trinajstić information content (AvgIpc) is 3.36. The van der Waals surface area contributed by atoms with E-state index >= 15 is 4.39 Å². The van der Waals surface area contributed by atoms with Gasteiger partial charge in [-0.25, -0.2) is 9.18 Å². The molecule has 0 saturated heterocycles. The van der Waals surface area contributed by atoms with Gasteiger partial charge in [-0.2, -0.15) is 0 Å². The molecule has 1 unspecified atom stereocenters. The van der Waals surface area contributed by atoms with Crippen molar-refractivity contribution in [2.45, 2.75) is 38.9 Å². The second kappa shape index (κ2) is 7.62. The third kappa shape index (κ3) is 4.00. The molecule has 1 N–H and O–H groups in total. The molecule has 1 aliphatic heterocycles. The van der Waals surface area contributed by atoms with Crippen molar-refractivity contribution in [3.63, 3.8) is 0 Å². The molecular formula is C23H23FN2O4S. The van der Waals surface area contributed by atoms with E-state index in [4.69, 9.17) is 9.47 Å². The number of amides is 1. The number of halogens is 1. The summed E-state index contributed by atoms with van der Waals surface area (Å²) >= 11 is 1.46. The zero-order chi connectivity index (χ0) is 22.4. The van der Waals surface area contributed by atoms with Gasteiger partial charge in [0.2, 0.25) is 0 Å². The number of hydrogen-bond donors (Lipinski definition) is 1. The van der Waals surface area contributed by atoms with Crippen LogP contribution in [0.3, 0.4) is 0 Å². The number of hydrogen-bond acceptors (Lipinski definition) is 5. The summed E-state index contributed by atoms with van der Waals surface area (Å²) in [7, 11) is 0. The van der Waals surface area contributed by atoms with Crippen molar-refractivity contribution in [3.8, 4) is 11.3 Å². The van der Waals surface area contributed by atoms with E-state index in [-0.39, 0.29) is 12.3 Å². The Balaban J connectivity index is 1.87. The third-order valence-electron chi connectivity index (χ3n) is 4.99. The van der Waals surface area contributed by atoms with Gasteiger partial charge in [0, 0.05) is 22.2 Å². The molecule has 0 bridgehead atoms. The number of carbonyl (C=O) groups is 2. The molecule has 3 heterocycles. The predicted molar refractivity (Wildman–Crippen MR) is 117 cm³/mol. The summed E-state index contributed by atoms with van der Waals surface area (Å²) in [5.74, 6) is -1.03. The number of carbonyl (C=O) groups excluding carboxylic acids is 2. The number of fused-ring (bicyclic) bond motifs is 1. The Hall–Kier alpha value is -2.97. The minimum Gasteiger partial charge on any atom is -0.443 e. The van der Waals surface area contributed by atoms with Crippen LogP contribution < -0.4 is 5.32 Å². The van der Waals surface area contributed by atoms with E-state index in [2.05, 4.69) is 5.32 Å². The van der Waals surface area contributed by atoms with E-state index in [9.17, 15) is 9.59 Å². The normalized spacial score (nSPS) is 18.8. The van der Waals surface area contributed by atoms with Crippen LogP contribution in [0.4, 0.5) is 14.9 Å². The quantitative estimate of drug-likeness (QED) is 0.579. The molecular weight excluding hydrogens is 419 g/mol. The minimum absolute atomic E-state index is 0.0810. The average molecular weight is 443 g/mol. The maximum absolute atomic E-state index is 15.3. The van der Waals surface area contributed by atoms with E-state index in [0.717, 1.165) is 4.88 Å². The van der Waals surface area contributed by atoms with E-state index in [1.54, 1.807) is 45.2 Å². The largest absolute Gasteiger partial charge is 0.443 e. The Morgan fingerprint density at radius 3 is 2.74 bits per heavy atom. The first-order valence-corrected chi connectivity index (χ1v) is 10.7. The molecule has 1 aliphatic rings. The van der Waals surface area contributed by atoms with Gasteiger partial charge in [-0.3, -0.25) is 9.36 Å². The lowest BCUT2D eigenvalue weighted by Gasteiger charge is -2.29. The van der Waals surface area contributed by atoms with Crippen molar-refractivity contribution in [1.29, 1.82) is 0 Å². The van der Waals surface area contributed by atoms with E-state index in [1.165, 1.54) is 22.0 Å². The molecule has 0 fully saturated rings. The molecule has 31 heavy (non-hydrogen) atoms. The maximum atomic E-state index is 15.3. The standard InChI is InChI=1S/C23H23FN2O4S/c1-22(2,3)30-21(28)26-9-5-7-17(26)14-11-15-20(16(24)12-14)25-19(27)13-29-23(15,4)18-8-6-10-31-18/h5-12H,13H2,1-4H3,(H,25,27). The van der Waals surface area contributed by atoms with Crippen LogP contribution in [0.1, 0.15) is 38.1 Å². The Labute approximate surface area is 183 Å². The van der Waals surface area contributed by atoms with Crippen molar-refractivity contribution < 1.29 is 23.5 Å². The molecule has 0 aliphatic carbocycles. The van der Waals surface area contributed by atoms with Gasteiger partial charge in [0.1, 0.15) is 23.6 Å². The van der Waals surface area contributed by atoms with E-state index in [0.29, 0.717) is 16.8 Å². The molecule has 8 heteroatoms. The Kier molecular flexibility index (Phi) is 5.23. The number of ether oxygens (including phenoxy) is 2. The monoisotopic (exact) mass is 442 g/mol. The fourth-order valence-electron chi connectivity index (χ4n) is 3.56. The highest BCUT2D eigenvalue weighted by atomic mass is 32.1.